The van der Waals surface area contributed by atoms with Crippen molar-refractivity contribution in [3.05, 3.63) is 58.2 Å². The molecule has 0 heterocycles. The van der Waals surface area contributed by atoms with E-state index in [-0.39, 0.29) is 23.4 Å². The number of carbonyl (C=O) groups is 2. The average molecular weight is 308 g/mol. The first-order chi connectivity index (χ1) is 11.1. The summed E-state index contributed by atoms with van der Waals surface area (Å²) in [4.78, 5) is 26.3. The van der Waals surface area contributed by atoms with Crippen molar-refractivity contribution >= 4 is 11.6 Å². The van der Waals surface area contributed by atoms with Crippen LogP contribution in [0.5, 0.6) is 0 Å². The molecule has 0 aromatic heterocycles. The molecule has 2 heteroatoms. The van der Waals surface area contributed by atoms with Crippen molar-refractivity contribution in [2.75, 3.05) is 0 Å². The highest BCUT2D eigenvalue weighted by molar-refractivity contribution is 6.18. The van der Waals surface area contributed by atoms with Crippen LogP contribution >= 0.6 is 0 Å². The summed E-state index contributed by atoms with van der Waals surface area (Å²) in [6.07, 6.45) is 5.85. The number of rotatable bonds is 4. The molecule has 23 heavy (non-hydrogen) atoms. The van der Waals surface area contributed by atoms with Crippen LogP contribution in [0, 0.1) is 11.8 Å². The van der Waals surface area contributed by atoms with E-state index >= 15 is 0 Å². The molecule has 1 aromatic carbocycles. The van der Waals surface area contributed by atoms with Gasteiger partial charge < -0.3 is 0 Å². The quantitative estimate of drug-likeness (QED) is 0.770. The van der Waals surface area contributed by atoms with Gasteiger partial charge in [-0.2, -0.15) is 0 Å². The number of fused-ring (bicyclic) bond motifs is 2. The third kappa shape index (κ3) is 2.41. The van der Waals surface area contributed by atoms with Crippen molar-refractivity contribution in [3.8, 4) is 0 Å². The van der Waals surface area contributed by atoms with Gasteiger partial charge in [0.15, 0.2) is 11.6 Å². The minimum Gasteiger partial charge on any atom is -0.293 e. The summed E-state index contributed by atoms with van der Waals surface area (Å²) in [7, 11) is 0. The Balaban J connectivity index is 2.22. The van der Waals surface area contributed by atoms with Gasteiger partial charge in [0.05, 0.1) is 11.8 Å². The van der Waals surface area contributed by atoms with E-state index in [4.69, 9.17) is 0 Å². The summed E-state index contributed by atoms with van der Waals surface area (Å²) in [6, 6.07) is 7.32. The van der Waals surface area contributed by atoms with Gasteiger partial charge in [-0.15, -0.1) is 0 Å². The molecule has 0 saturated carbocycles. The molecule has 0 radical (unpaired) electrons. The number of carbonyl (C=O) groups excluding carboxylic acids is 2. The molecule has 1 aromatic rings. The fraction of sp³-hybridized carbons (Fsp3) is 0.429. The predicted octanol–water partition coefficient (Wildman–Crippen LogP) is 5.15. The maximum absolute atomic E-state index is 13.2. The first kappa shape index (κ1) is 15.9. The molecule has 0 amide bonds. The second kappa shape index (κ2) is 6.27. The van der Waals surface area contributed by atoms with E-state index < -0.39 is 0 Å². The lowest BCUT2D eigenvalue weighted by atomic mass is 9.63. The Morgan fingerprint density at radius 3 is 2.00 bits per heavy atom. The van der Waals surface area contributed by atoms with Gasteiger partial charge in [0, 0.05) is 11.1 Å². The topological polar surface area (TPSA) is 34.1 Å². The van der Waals surface area contributed by atoms with Crippen LogP contribution in [0.3, 0.4) is 0 Å². The molecule has 0 fully saturated rings. The number of Topliss-reactive ketones (excluding diaryl/α,β-unsaturated/α-hetero) is 2. The van der Waals surface area contributed by atoms with Crippen molar-refractivity contribution in [2.45, 2.75) is 46.5 Å². The van der Waals surface area contributed by atoms with Crippen LogP contribution in [0.4, 0.5) is 0 Å². The number of ketones is 2. The molecular weight excluding hydrogens is 284 g/mol. The van der Waals surface area contributed by atoms with E-state index in [2.05, 4.69) is 26.8 Å². The van der Waals surface area contributed by atoms with Crippen LogP contribution in [0.1, 0.15) is 67.2 Å². The molecule has 2 aliphatic carbocycles. The molecule has 120 valence electrons. The minimum absolute atomic E-state index is 0.131. The summed E-state index contributed by atoms with van der Waals surface area (Å²) in [5.41, 5.74) is 4.80. The molecule has 2 aliphatic rings. The molecule has 0 saturated heterocycles. The second-order valence-electron chi connectivity index (χ2n) is 6.46. The number of hydrogen-bond donors (Lipinski definition) is 0. The smallest absolute Gasteiger partial charge is 0.171 e. The van der Waals surface area contributed by atoms with Crippen molar-refractivity contribution in [1.29, 1.82) is 0 Å². The first-order valence-electron chi connectivity index (χ1n) is 8.73. The second-order valence-corrected chi connectivity index (χ2v) is 6.46. The molecular formula is C21H24O2. The maximum Gasteiger partial charge on any atom is 0.171 e. The SMILES string of the molecule is CCCC1=CC(CC)=C(CC)C2C(=O)c3ccccc3C(=O)C12. The molecule has 0 N–H and O–H groups in total. The fourth-order valence-corrected chi connectivity index (χ4v) is 4.19. The summed E-state index contributed by atoms with van der Waals surface area (Å²) in [5.74, 6) is -0.285. The van der Waals surface area contributed by atoms with Crippen molar-refractivity contribution in [2.24, 2.45) is 11.8 Å². The van der Waals surface area contributed by atoms with Gasteiger partial charge in [0.25, 0.3) is 0 Å². The molecule has 2 atom stereocenters. The van der Waals surface area contributed by atoms with Gasteiger partial charge in [0.2, 0.25) is 0 Å². The van der Waals surface area contributed by atoms with E-state index in [1.807, 2.05) is 18.2 Å². The normalized spacial score (nSPS) is 23.5. The van der Waals surface area contributed by atoms with Gasteiger partial charge in [0.1, 0.15) is 0 Å². The van der Waals surface area contributed by atoms with Gasteiger partial charge in [-0.05, 0) is 24.8 Å². The summed E-state index contributed by atoms with van der Waals surface area (Å²) in [6.45, 7) is 6.36. The zero-order chi connectivity index (χ0) is 16.6. The highest BCUT2D eigenvalue weighted by atomic mass is 16.1. The van der Waals surface area contributed by atoms with Gasteiger partial charge in [-0.25, -0.2) is 0 Å². The Labute approximate surface area is 138 Å². The van der Waals surface area contributed by atoms with E-state index in [9.17, 15) is 9.59 Å². The Hall–Kier alpha value is -1.96. The largest absolute Gasteiger partial charge is 0.293 e. The average Bonchev–Trinajstić information content (AvgIpc) is 2.58. The van der Waals surface area contributed by atoms with E-state index in [1.54, 1.807) is 6.07 Å². The van der Waals surface area contributed by atoms with Crippen LogP contribution < -0.4 is 0 Å². The molecule has 3 rings (SSSR count). The lowest BCUT2D eigenvalue weighted by molar-refractivity contribution is 0.0780. The van der Waals surface area contributed by atoms with E-state index in [0.29, 0.717) is 11.1 Å². The Morgan fingerprint density at radius 1 is 0.870 bits per heavy atom. The van der Waals surface area contributed by atoms with E-state index in [1.165, 1.54) is 11.1 Å². The molecule has 0 spiro atoms. The lowest BCUT2D eigenvalue weighted by Gasteiger charge is -2.38. The minimum atomic E-state index is -0.275. The van der Waals surface area contributed by atoms with Crippen LogP contribution in [0.15, 0.2) is 47.1 Å². The molecule has 2 nitrogen and oxygen atoms in total. The highest BCUT2D eigenvalue weighted by Crippen LogP contribution is 2.45. The van der Waals surface area contributed by atoms with Crippen molar-refractivity contribution in [1.82, 2.24) is 0 Å². The number of hydrogen-bond acceptors (Lipinski definition) is 2. The van der Waals surface area contributed by atoms with Crippen LogP contribution in [-0.2, 0) is 0 Å². The zero-order valence-corrected chi connectivity index (χ0v) is 14.2. The van der Waals surface area contributed by atoms with Crippen LogP contribution in [0.25, 0.3) is 0 Å². The van der Waals surface area contributed by atoms with Gasteiger partial charge >= 0.3 is 0 Å². The van der Waals surface area contributed by atoms with Crippen LogP contribution in [-0.4, -0.2) is 11.6 Å². The van der Waals surface area contributed by atoms with E-state index in [0.717, 1.165) is 31.3 Å². The number of benzene rings is 1. The standard InChI is InChI=1S/C21H24O2/c1-4-9-14-12-13(5-2)15(6-3)19-18(14)20(22)16-10-7-8-11-17(16)21(19)23/h7-8,10-12,18-19H,4-6,9H2,1-3H3. The summed E-state index contributed by atoms with van der Waals surface area (Å²) in [5, 5.41) is 0. The summed E-state index contributed by atoms with van der Waals surface area (Å²) < 4.78 is 0. The Bertz CT molecular complexity index is 721. The summed E-state index contributed by atoms with van der Waals surface area (Å²) >= 11 is 0. The molecule has 0 aliphatic heterocycles. The monoisotopic (exact) mass is 308 g/mol. The van der Waals surface area contributed by atoms with Crippen molar-refractivity contribution < 1.29 is 9.59 Å². The molecule has 2 unspecified atom stereocenters. The van der Waals surface area contributed by atoms with Crippen molar-refractivity contribution in [3.63, 3.8) is 0 Å². The first-order valence-corrected chi connectivity index (χ1v) is 8.73. The Morgan fingerprint density at radius 2 is 1.48 bits per heavy atom. The maximum atomic E-state index is 13.2. The fourth-order valence-electron chi connectivity index (χ4n) is 4.19. The van der Waals surface area contributed by atoms with Crippen LogP contribution in [0.2, 0.25) is 0 Å². The lowest BCUT2D eigenvalue weighted by Crippen LogP contribution is -2.40. The van der Waals surface area contributed by atoms with Gasteiger partial charge in [-0.1, -0.05) is 68.7 Å². The van der Waals surface area contributed by atoms with Gasteiger partial charge in [-0.3, -0.25) is 9.59 Å². The third-order valence-electron chi connectivity index (χ3n) is 5.20. The Kier molecular flexibility index (Phi) is 4.34. The predicted molar refractivity (Wildman–Crippen MR) is 92.7 cm³/mol. The number of allylic oxidation sites excluding steroid dienone is 4. The molecule has 0 bridgehead atoms. The third-order valence-corrected chi connectivity index (χ3v) is 5.20. The zero-order valence-electron chi connectivity index (χ0n) is 14.2. The highest BCUT2D eigenvalue weighted by Gasteiger charge is 2.46.